The molecule has 8 heteroatoms. The molecule has 1 heterocycles. The minimum absolute atomic E-state index is 0.124. The fourth-order valence-corrected chi connectivity index (χ4v) is 3.84. The van der Waals surface area contributed by atoms with E-state index >= 15 is 0 Å². The first kappa shape index (κ1) is 20.1. The van der Waals surface area contributed by atoms with Crippen molar-refractivity contribution in [3.05, 3.63) is 51.5 Å². The lowest BCUT2D eigenvalue weighted by Crippen LogP contribution is -3.19. The van der Waals surface area contributed by atoms with Gasteiger partial charge in [0.25, 0.3) is 5.91 Å². The highest BCUT2D eigenvalue weighted by Gasteiger charge is 2.30. The fourth-order valence-electron chi connectivity index (χ4n) is 3.24. The molecule has 0 saturated carbocycles. The van der Waals surface area contributed by atoms with Crippen LogP contribution in [0.15, 0.2) is 36.4 Å². The van der Waals surface area contributed by atoms with Crippen LogP contribution in [-0.2, 0) is 4.79 Å². The van der Waals surface area contributed by atoms with Gasteiger partial charge in [-0.2, -0.15) is 0 Å². The van der Waals surface area contributed by atoms with Crippen molar-refractivity contribution in [1.29, 1.82) is 0 Å². The van der Waals surface area contributed by atoms with Crippen LogP contribution in [0.4, 0.5) is 11.4 Å². The molecule has 2 aromatic rings. The number of para-hydroxylation sites is 2. The van der Waals surface area contributed by atoms with Crippen LogP contribution in [0.2, 0.25) is 15.1 Å². The summed E-state index contributed by atoms with van der Waals surface area (Å²) in [6.07, 6.45) is 0. The van der Waals surface area contributed by atoms with Crippen molar-refractivity contribution in [2.75, 3.05) is 36.4 Å². The molecule has 0 aromatic heterocycles. The number of carbonyl (C=O) groups is 1. The van der Waals surface area contributed by atoms with Crippen LogP contribution < -0.4 is 15.1 Å². The number of phenols is 1. The van der Waals surface area contributed by atoms with E-state index in [1.807, 2.05) is 19.1 Å². The quantitative estimate of drug-likeness (QED) is 0.655. The van der Waals surface area contributed by atoms with Gasteiger partial charge in [0.05, 0.1) is 52.6 Å². The normalized spacial score (nSPS) is 16.2. The third-order valence-corrected chi connectivity index (χ3v) is 5.94. The number of piperazine rings is 1. The molecular formula is C19H21Cl3N3O2+. The summed E-state index contributed by atoms with van der Waals surface area (Å²) in [4.78, 5) is 16.0. The lowest BCUT2D eigenvalue weighted by molar-refractivity contribution is -0.914. The van der Waals surface area contributed by atoms with Crippen LogP contribution in [0.5, 0.6) is 5.75 Å². The summed E-state index contributed by atoms with van der Waals surface area (Å²) in [6.45, 7) is 5.00. The zero-order valence-corrected chi connectivity index (χ0v) is 17.1. The molecule has 27 heavy (non-hydrogen) atoms. The molecular weight excluding hydrogens is 409 g/mol. The van der Waals surface area contributed by atoms with Gasteiger partial charge in [-0.05, 0) is 31.2 Å². The summed E-state index contributed by atoms with van der Waals surface area (Å²) in [5.41, 5.74) is 1.28. The van der Waals surface area contributed by atoms with Crippen molar-refractivity contribution >= 4 is 52.1 Å². The van der Waals surface area contributed by atoms with E-state index in [1.54, 1.807) is 18.2 Å². The van der Waals surface area contributed by atoms with E-state index in [-0.39, 0.29) is 17.7 Å². The molecule has 144 valence electrons. The Morgan fingerprint density at radius 3 is 2.41 bits per heavy atom. The molecule has 3 rings (SSSR count). The minimum atomic E-state index is -0.248. The maximum atomic E-state index is 12.6. The Kier molecular flexibility index (Phi) is 6.37. The Balaban J connectivity index is 1.60. The zero-order chi connectivity index (χ0) is 19.6. The van der Waals surface area contributed by atoms with Crippen LogP contribution in [-0.4, -0.2) is 43.2 Å². The van der Waals surface area contributed by atoms with E-state index in [4.69, 9.17) is 34.8 Å². The summed E-state index contributed by atoms with van der Waals surface area (Å²) < 4.78 is 0. The number of hydrogen-bond acceptors (Lipinski definition) is 3. The number of anilines is 2. The molecule has 1 fully saturated rings. The van der Waals surface area contributed by atoms with E-state index in [2.05, 4.69) is 10.2 Å². The molecule has 0 unspecified atom stereocenters. The summed E-state index contributed by atoms with van der Waals surface area (Å²) in [6, 6.07) is 10.1. The molecule has 5 nitrogen and oxygen atoms in total. The molecule has 0 aliphatic carbocycles. The molecule has 1 atom stereocenters. The monoisotopic (exact) mass is 428 g/mol. The predicted molar refractivity (Wildman–Crippen MR) is 111 cm³/mol. The zero-order valence-electron chi connectivity index (χ0n) is 14.8. The number of carbonyl (C=O) groups excluding carboxylic acids is 1. The van der Waals surface area contributed by atoms with E-state index in [9.17, 15) is 9.90 Å². The average Bonchev–Trinajstić information content (AvgIpc) is 2.66. The van der Waals surface area contributed by atoms with Crippen LogP contribution in [0, 0.1) is 0 Å². The third kappa shape index (κ3) is 4.61. The van der Waals surface area contributed by atoms with Crippen LogP contribution >= 0.6 is 34.8 Å². The standard InChI is InChI=1S/C19H20Cl3N3O2/c1-12(19(27)23-16-11-14(21)13(20)10-15(16)22)24-6-8-25(9-7-24)17-4-2-3-5-18(17)26/h2-5,10-12,26H,6-9H2,1H3,(H,23,27)/p+1/t12-/m1/s1. The summed E-state index contributed by atoms with van der Waals surface area (Å²) in [5, 5.41) is 13.9. The van der Waals surface area contributed by atoms with Crippen molar-refractivity contribution in [1.82, 2.24) is 0 Å². The minimum Gasteiger partial charge on any atom is -0.506 e. The molecule has 3 N–H and O–H groups in total. The Labute approximate surface area is 173 Å². The summed E-state index contributed by atoms with van der Waals surface area (Å²) in [5.74, 6) is 0.155. The van der Waals surface area contributed by atoms with Gasteiger partial charge in [-0.25, -0.2) is 0 Å². The number of benzene rings is 2. The molecule has 0 spiro atoms. The van der Waals surface area contributed by atoms with E-state index < -0.39 is 0 Å². The lowest BCUT2D eigenvalue weighted by atomic mass is 10.2. The fraction of sp³-hybridized carbons (Fsp3) is 0.316. The number of nitrogens with one attached hydrogen (secondary N) is 2. The van der Waals surface area contributed by atoms with Crippen LogP contribution in [0.25, 0.3) is 0 Å². The number of nitrogens with zero attached hydrogens (tertiary/aromatic N) is 1. The Morgan fingerprint density at radius 2 is 1.74 bits per heavy atom. The highest BCUT2D eigenvalue weighted by Crippen LogP contribution is 2.32. The highest BCUT2D eigenvalue weighted by molar-refractivity contribution is 6.44. The van der Waals surface area contributed by atoms with Crippen LogP contribution in [0.3, 0.4) is 0 Å². The second-order valence-corrected chi connectivity index (χ2v) is 7.81. The van der Waals surface area contributed by atoms with Gasteiger partial charge >= 0.3 is 0 Å². The van der Waals surface area contributed by atoms with Crippen molar-refractivity contribution in [2.45, 2.75) is 13.0 Å². The highest BCUT2D eigenvalue weighted by atomic mass is 35.5. The Hall–Kier alpha value is -1.66. The van der Waals surface area contributed by atoms with Crippen molar-refractivity contribution in [2.24, 2.45) is 0 Å². The molecule has 1 aliphatic heterocycles. The van der Waals surface area contributed by atoms with Crippen molar-refractivity contribution in [3.8, 4) is 5.75 Å². The number of phenolic OH excluding ortho intramolecular Hbond substituents is 1. The van der Waals surface area contributed by atoms with Gasteiger partial charge in [0, 0.05) is 0 Å². The first-order chi connectivity index (χ1) is 12.9. The van der Waals surface area contributed by atoms with Gasteiger partial charge in [-0.3, -0.25) is 4.79 Å². The van der Waals surface area contributed by atoms with Gasteiger partial charge < -0.3 is 20.2 Å². The van der Waals surface area contributed by atoms with Crippen molar-refractivity contribution < 1.29 is 14.8 Å². The molecule has 0 bridgehead atoms. The van der Waals surface area contributed by atoms with Gasteiger partial charge in [0.1, 0.15) is 5.75 Å². The predicted octanol–water partition coefficient (Wildman–Crippen LogP) is 3.08. The first-order valence-electron chi connectivity index (χ1n) is 8.69. The number of rotatable bonds is 4. The van der Waals surface area contributed by atoms with Crippen LogP contribution in [0.1, 0.15) is 6.92 Å². The van der Waals surface area contributed by atoms with E-state index in [0.29, 0.717) is 20.8 Å². The molecule has 1 aliphatic rings. The summed E-state index contributed by atoms with van der Waals surface area (Å²) in [7, 11) is 0. The van der Waals surface area contributed by atoms with E-state index in [1.165, 1.54) is 11.0 Å². The van der Waals surface area contributed by atoms with Gasteiger partial charge in [-0.1, -0.05) is 46.9 Å². The van der Waals surface area contributed by atoms with Crippen molar-refractivity contribution in [3.63, 3.8) is 0 Å². The topological polar surface area (TPSA) is 57.0 Å². The smallest absolute Gasteiger partial charge is 0.282 e. The Bertz CT molecular complexity index is 839. The maximum absolute atomic E-state index is 12.6. The second-order valence-electron chi connectivity index (χ2n) is 6.59. The summed E-state index contributed by atoms with van der Waals surface area (Å²) >= 11 is 18.1. The lowest BCUT2D eigenvalue weighted by Gasteiger charge is -2.36. The molecule has 0 radical (unpaired) electrons. The van der Waals surface area contributed by atoms with Gasteiger partial charge in [-0.15, -0.1) is 0 Å². The van der Waals surface area contributed by atoms with Gasteiger partial charge in [0.2, 0.25) is 0 Å². The van der Waals surface area contributed by atoms with E-state index in [0.717, 1.165) is 31.9 Å². The number of hydrogen-bond donors (Lipinski definition) is 3. The second kappa shape index (κ2) is 8.57. The number of quaternary nitrogens is 1. The maximum Gasteiger partial charge on any atom is 0.282 e. The molecule has 1 amide bonds. The average molecular weight is 430 g/mol. The number of halogens is 3. The largest absolute Gasteiger partial charge is 0.506 e. The third-order valence-electron chi connectivity index (χ3n) is 4.90. The molecule has 2 aromatic carbocycles. The number of aromatic hydroxyl groups is 1. The molecule has 1 saturated heterocycles. The SMILES string of the molecule is C[C@H](C(=O)Nc1cc(Cl)c(Cl)cc1Cl)[NH+]1CCN(c2ccccc2O)CC1. The van der Waals surface area contributed by atoms with Gasteiger partial charge in [0.15, 0.2) is 6.04 Å². The Morgan fingerprint density at radius 1 is 1.11 bits per heavy atom. The number of amides is 1. The first-order valence-corrected chi connectivity index (χ1v) is 9.83.